The number of hydrogen-bond donors (Lipinski definition) is 1. The van der Waals surface area contributed by atoms with E-state index in [1.165, 1.54) is 12.8 Å². The molecule has 1 saturated carbocycles. The number of aliphatic hydroxyl groups is 1. The first kappa shape index (κ1) is 16.5. The number of para-hydroxylation sites is 2. The van der Waals surface area contributed by atoms with Crippen LogP contribution in [0.1, 0.15) is 31.5 Å². The third-order valence-electron chi connectivity index (χ3n) is 5.17. The molecule has 1 atom stereocenters. The summed E-state index contributed by atoms with van der Waals surface area (Å²) in [4.78, 5) is 21.8. The Morgan fingerprint density at radius 1 is 1.24 bits per heavy atom. The van der Waals surface area contributed by atoms with E-state index in [-0.39, 0.29) is 12.0 Å². The maximum atomic E-state index is 12.8. The van der Waals surface area contributed by atoms with Gasteiger partial charge in [-0.2, -0.15) is 0 Å². The lowest BCUT2D eigenvalue weighted by atomic mass is 10.2. The Bertz CT molecular complexity index is 758. The molecule has 6 nitrogen and oxygen atoms in total. The molecule has 0 bridgehead atoms. The molecule has 134 valence electrons. The first-order valence-corrected chi connectivity index (χ1v) is 9.25. The predicted octanol–water partition coefficient (Wildman–Crippen LogP) is 1.44. The number of hydrogen-bond acceptors (Lipinski definition) is 4. The van der Waals surface area contributed by atoms with Crippen molar-refractivity contribution in [1.82, 2.24) is 19.4 Å². The van der Waals surface area contributed by atoms with E-state index >= 15 is 0 Å². The quantitative estimate of drug-likeness (QED) is 0.893. The lowest BCUT2D eigenvalue weighted by Crippen LogP contribution is -2.50. The van der Waals surface area contributed by atoms with Gasteiger partial charge >= 0.3 is 0 Å². The van der Waals surface area contributed by atoms with Gasteiger partial charge in [-0.1, -0.05) is 12.1 Å². The topological polar surface area (TPSA) is 61.6 Å². The number of nitrogens with zero attached hydrogens (tertiary/aromatic N) is 4. The molecule has 0 radical (unpaired) electrons. The van der Waals surface area contributed by atoms with Gasteiger partial charge in [0.1, 0.15) is 12.4 Å². The summed E-state index contributed by atoms with van der Waals surface area (Å²) in [6, 6.07) is 8.09. The van der Waals surface area contributed by atoms with Crippen LogP contribution in [0.2, 0.25) is 0 Å². The van der Waals surface area contributed by atoms with Gasteiger partial charge < -0.3 is 14.6 Å². The number of β-amino-alcohol motifs (C(OH)–C–C–N with tert-alkyl or cyclic N) is 1. The molecular formula is C19H26N4O2. The molecule has 1 aromatic carbocycles. The minimum atomic E-state index is -0.319. The fourth-order valence-corrected chi connectivity index (χ4v) is 3.70. The molecule has 2 heterocycles. The smallest absolute Gasteiger partial charge is 0.242 e. The van der Waals surface area contributed by atoms with Gasteiger partial charge in [0.2, 0.25) is 5.91 Å². The first-order chi connectivity index (χ1) is 12.1. The number of amides is 1. The SMILES string of the molecule is CC(O)CN1CCN(C(=O)Cn2c(C3CC3)nc3ccccc32)CC1. The third kappa shape index (κ3) is 3.55. The average Bonchev–Trinajstić information content (AvgIpc) is 3.38. The second kappa shape index (κ2) is 6.77. The molecule has 1 aromatic heterocycles. The Morgan fingerprint density at radius 3 is 2.64 bits per heavy atom. The lowest BCUT2D eigenvalue weighted by molar-refractivity contribution is -0.133. The highest BCUT2D eigenvalue weighted by atomic mass is 16.3. The minimum Gasteiger partial charge on any atom is -0.392 e. The van der Waals surface area contributed by atoms with E-state index in [0.29, 0.717) is 19.0 Å². The van der Waals surface area contributed by atoms with Crippen LogP contribution in [0.3, 0.4) is 0 Å². The zero-order valence-corrected chi connectivity index (χ0v) is 14.8. The fraction of sp³-hybridized carbons (Fsp3) is 0.579. The van der Waals surface area contributed by atoms with E-state index in [9.17, 15) is 9.90 Å². The molecule has 1 amide bonds. The fourth-order valence-electron chi connectivity index (χ4n) is 3.70. The van der Waals surface area contributed by atoms with Crippen LogP contribution in [0.15, 0.2) is 24.3 Å². The molecule has 1 N–H and O–H groups in total. The zero-order chi connectivity index (χ0) is 17.4. The second-order valence-electron chi connectivity index (χ2n) is 7.35. The van der Waals surface area contributed by atoms with E-state index in [0.717, 1.165) is 43.0 Å². The van der Waals surface area contributed by atoms with E-state index < -0.39 is 0 Å². The molecule has 2 aromatic rings. The number of aliphatic hydroxyl groups excluding tert-OH is 1. The van der Waals surface area contributed by atoms with Crippen molar-refractivity contribution in [3.8, 4) is 0 Å². The van der Waals surface area contributed by atoms with E-state index in [1.807, 2.05) is 23.1 Å². The van der Waals surface area contributed by atoms with Crippen molar-refractivity contribution in [2.75, 3.05) is 32.7 Å². The Labute approximate surface area is 148 Å². The van der Waals surface area contributed by atoms with Gasteiger partial charge in [0.05, 0.1) is 17.1 Å². The summed E-state index contributed by atoms with van der Waals surface area (Å²) < 4.78 is 2.12. The van der Waals surface area contributed by atoms with Crippen molar-refractivity contribution < 1.29 is 9.90 Å². The van der Waals surface area contributed by atoms with Gasteiger partial charge in [0, 0.05) is 38.6 Å². The van der Waals surface area contributed by atoms with Crippen molar-refractivity contribution in [3.05, 3.63) is 30.1 Å². The van der Waals surface area contributed by atoms with Crippen LogP contribution in [0.25, 0.3) is 11.0 Å². The highest BCUT2D eigenvalue weighted by molar-refractivity contribution is 5.81. The molecule has 6 heteroatoms. The molecule has 25 heavy (non-hydrogen) atoms. The lowest BCUT2D eigenvalue weighted by Gasteiger charge is -2.35. The van der Waals surface area contributed by atoms with Gasteiger partial charge in [-0.15, -0.1) is 0 Å². The van der Waals surface area contributed by atoms with E-state index in [1.54, 1.807) is 6.92 Å². The maximum absolute atomic E-state index is 12.8. The van der Waals surface area contributed by atoms with Crippen molar-refractivity contribution >= 4 is 16.9 Å². The van der Waals surface area contributed by atoms with E-state index in [4.69, 9.17) is 4.98 Å². The van der Waals surface area contributed by atoms with Crippen LogP contribution in [-0.4, -0.2) is 69.2 Å². The van der Waals surface area contributed by atoms with Gasteiger partial charge in [-0.05, 0) is 31.9 Å². The molecule has 1 aliphatic carbocycles. The molecule has 1 aliphatic heterocycles. The Morgan fingerprint density at radius 2 is 1.96 bits per heavy atom. The number of aromatic nitrogens is 2. The van der Waals surface area contributed by atoms with Gasteiger partial charge in [-0.25, -0.2) is 4.98 Å². The van der Waals surface area contributed by atoms with Crippen LogP contribution in [0.5, 0.6) is 0 Å². The number of piperazine rings is 1. The highest BCUT2D eigenvalue weighted by Gasteiger charge is 2.31. The second-order valence-corrected chi connectivity index (χ2v) is 7.35. The molecule has 2 aliphatic rings. The third-order valence-corrected chi connectivity index (χ3v) is 5.17. The molecule has 1 unspecified atom stereocenters. The van der Waals surface area contributed by atoms with Crippen molar-refractivity contribution in [2.45, 2.75) is 38.3 Å². The number of imidazole rings is 1. The van der Waals surface area contributed by atoms with Crippen LogP contribution < -0.4 is 0 Å². The Hall–Kier alpha value is -1.92. The summed E-state index contributed by atoms with van der Waals surface area (Å²) in [5.41, 5.74) is 2.05. The molecule has 0 spiro atoms. The normalized spacial score (nSPS) is 20.2. The van der Waals surface area contributed by atoms with Crippen LogP contribution in [-0.2, 0) is 11.3 Å². The monoisotopic (exact) mass is 342 g/mol. The van der Waals surface area contributed by atoms with Gasteiger partial charge in [0.15, 0.2) is 0 Å². The van der Waals surface area contributed by atoms with Crippen LogP contribution in [0.4, 0.5) is 0 Å². The Kier molecular flexibility index (Phi) is 4.48. The zero-order valence-electron chi connectivity index (χ0n) is 14.8. The van der Waals surface area contributed by atoms with Crippen molar-refractivity contribution in [2.24, 2.45) is 0 Å². The number of rotatable bonds is 5. The first-order valence-electron chi connectivity index (χ1n) is 9.25. The van der Waals surface area contributed by atoms with E-state index in [2.05, 4.69) is 15.5 Å². The van der Waals surface area contributed by atoms with Crippen LogP contribution in [0, 0.1) is 0 Å². The summed E-state index contributed by atoms with van der Waals surface area (Å²) in [5, 5.41) is 9.51. The summed E-state index contributed by atoms with van der Waals surface area (Å²) in [6.07, 6.45) is 2.03. The minimum absolute atomic E-state index is 0.168. The van der Waals surface area contributed by atoms with Crippen LogP contribution >= 0.6 is 0 Å². The number of fused-ring (bicyclic) bond motifs is 1. The molecule has 2 fully saturated rings. The Balaban J connectivity index is 1.46. The largest absolute Gasteiger partial charge is 0.392 e. The average molecular weight is 342 g/mol. The summed E-state index contributed by atoms with van der Waals surface area (Å²) in [5.74, 6) is 1.76. The highest BCUT2D eigenvalue weighted by Crippen LogP contribution is 2.40. The summed E-state index contributed by atoms with van der Waals surface area (Å²) >= 11 is 0. The van der Waals surface area contributed by atoms with Crippen molar-refractivity contribution in [3.63, 3.8) is 0 Å². The number of carbonyl (C=O) groups excluding carboxylic acids is 1. The molecule has 1 saturated heterocycles. The van der Waals surface area contributed by atoms with Crippen molar-refractivity contribution in [1.29, 1.82) is 0 Å². The number of carbonyl (C=O) groups is 1. The summed E-state index contributed by atoms with van der Waals surface area (Å²) in [7, 11) is 0. The van der Waals surface area contributed by atoms with Gasteiger partial charge in [0.25, 0.3) is 0 Å². The standard InChI is InChI=1S/C19H26N4O2/c1-14(24)12-21-8-10-22(11-9-21)18(25)13-23-17-5-3-2-4-16(17)20-19(23)15-6-7-15/h2-5,14-15,24H,6-13H2,1H3. The summed E-state index contributed by atoms with van der Waals surface area (Å²) in [6.45, 7) is 5.99. The predicted molar refractivity (Wildman–Crippen MR) is 96.4 cm³/mol. The number of benzene rings is 1. The molecule has 4 rings (SSSR count). The maximum Gasteiger partial charge on any atom is 0.242 e. The molecular weight excluding hydrogens is 316 g/mol. The van der Waals surface area contributed by atoms with Gasteiger partial charge in [-0.3, -0.25) is 9.69 Å².